The minimum atomic E-state index is -0.344. The minimum Gasteiger partial charge on any atom is -0.379 e. The van der Waals surface area contributed by atoms with E-state index in [4.69, 9.17) is 16.3 Å². The summed E-state index contributed by atoms with van der Waals surface area (Å²) in [6.07, 6.45) is 9.89. The molecule has 0 bridgehead atoms. The highest BCUT2D eigenvalue weighted by molar-refractivity contribution is 6.33. The van der Waals surface area contributed by atoms with E-state index in [1.165, 1.54) is 24.8 Å². The zero-order valence-corrected chi connectivity index (χ0v) is 17.9. The number of nitrogens with zero attached hydrogens (tertiary/aromatic N) is 3. The number of anilines is 1. The summed E-state index contributed by atoms with van der Waals surface area (Å²) < 4.78 is 6.21. The van der Waals surface area contributed by atoms with Gasteiger partial charge >= 0.3 is 0 Å². The normalized spacial score (nSPS) is 21.0. The number of nitrogens with one attached hydrogen (secondary N) is 1. The molecule has 1 N–H and O–H groups in total. The molecule has 2 atom stereocenters. The van der Waals surface area contributed by atoms with Gasteiger partial charge in [-0.15, -0.1) is 0 Å². The second kappa shape index (κ2) is 10.2. The Balaban J connectivity index is 1.40. The van der Waals surface area contributed by atoms with Crippen molar-refractivity contribution in [1.29, 1.82) is 0 Å². The number of aromatic amines is 1. The van der Waals surface area contributed by atoms with E-state index in [0.717, 1.165) is 32.8 Å². The molecule has 2 aromatic rings. The van der Waals surface area contributed by atoms with Crippen LogP contribution in [0.2, 0.25) is 5.02 Å². The van der Waals surface area contributed by atoms with Crippen molar-refractivity contribution in [2.24, 2.45) is 5.92 Å². The van der Waals surface area contributed by atoms with Crippen LogP contribution in [0.4, 0.5) is 5.69 Å². The summed E-state index contributed by atoms with van der Waals surface area (Å²) in [5, 5.41) is 6.50. The second-order valence-electron chi connectivity index (χ2n) is 8.00. The molecule has 6 nitrogen and oxygen atoms in total. The van der Waals surface area contributed by atoms with E-state index < -0.39 is 0 Å². The molecule has 1 fully saturated rings. The Kier molecular flexibility index (Phi) is 7.20. The van der Waals surface area contributed by atoms with E-state index in [0.29, 0.717) is 18.2 Å². The third kappa shape index (κ3) is 5.12. The third-order valence-corrected chi connectivity index (χ3v) is 6.38. The summed E-state index contributed by atoms with van der Waals surface area (Å²) in [7, 11) is 0. The van der Waals surface area contributed by atoms with Crippen molar-refractivity contribution in [2.45, 2.75) is 25.3 Å². The van der Waals surface area contributed by atoms with E-state index in [-0.39, 0.29) is 16.6 Å². The van der Waals surface area contributed by atoms with E-state index in [1.807, 2.05) is 6.07 Å². The van der Waals surface area contributed by atoms with Gasteiger partial charge in [0.25, 0.3) is 5.56 Å². The molecule has 0 spiro atoms. The van der Waals surface area contributed by atoms with Crippen molar-refractivity contribution in [3.63, 3.8) is 0 Å². The number of benzene rings is 1. The summed E-state index contributed by atoms with van der Waals surface area (Å²) in [6.45, 7) is 4.79. The number of piperazine rings is 1. The van der Waals surface area contributed by atoms with Crippen molar-refractivity contribution in [3.8, 4) is 0 Å². The first kappa shape index (κ1) is 21.1. The number of ether oxygens (including phenoxy) is 1. The molecule has 1 aromatic heterocycles. The number of hydrogen-bond acceptors (Lipinski definition) is 5. The number of aromatic nitrogens is 2. The molecule has 1 aliphatic carbocycles. The maximum atomic E-state index is 11.8. The van der Waals surface area contributed by atoms with Crippen molar-refractivity contribution >= 4 is 17.3 Å². The third-order valence-electron chi connectivity index (χ3n) is 6.02. The highest BCUT2D eigenvalue weighted by atomic mass is 35.5. The monoisotopic (exact) mass is 428 g/mol. The zero-order chi connectivity index (χ0) is 20.8. The molecular formula is C23H29ClN4O2. The van der Waals surface area contributed by atoms with Crippen LogP contribution in [0.25, 0.3) is 0 Å². The van der Waals surface area contributed by atoms with Gasteiger partial charge in [-0.3, -0.25) is 9.69 Å². The largest absolute Gasteiger partial charge is 0.379 e. The molecule has 1 aliphatic heterocycles. The highest BCUT2D eigenvalue weighted by Crippen LogP contribution is 2.27. The molecule has 4 rings (SSSR count). The Morgan fingerprint density at radius 3 is 2.73 bits per heavy atom. The molecule has 2 aliphatic rings. The Hall–Kier alpha value is -2.15. The average molecular weight is 429 g/mol. The van der Waals surface area contributed by atoms with Crippen LogP contribution in [0.1, 0.15) is 30.9 Å². The summed E-state index contributed by atoms with van der Waals surface area (Å²) in [5.74, 6) is 0.540. The Morgan fingerprint density at radius 2 is 2.00 bits per heavy atom. The van der Waals surface area contributed by atoms with Crippen molar-refractivity contribution in [2.75, 3.05) is 44.3 Å². The average Bonchev–Trinajstić information content (AvgIpc) is 2.80. The van der Waals surface area contributed by atoms with Gasteiger partial charge in [0.2, 0.25) is 0 Å². The number of H-pyrrole nitrogens is 1. The van der Waals surface area contributed by atoms with Crippen LogP contribution in [-0.2, 0) is 4.74 Å². The lowest BCUT2D eigenvalue weighted by molar-refractivity contribution is 0.0427. The molecule has 160 valence electrons. The fourth-order valence-corrected chi connectivity index (χ4v) is 4.52. The molecular weight excluding hydrogens is 400 g/mol. The minimum absolute atomic E-state index is 0.210. The SMILES string of the molecule is O=c1[nH]ncc(N2CCN([C@H](COCC3C=CCCC3)c3ccccc3)CC2)c1Cl. The van der Waals surface area contributed by atoms with Crippen LogP contribution in [0, 0.1) is 5.92 Å². The number of hydrogen-bond donors (Lipinski definition) is 1. The van der Waals surface area contributed by atoms with E-state index in [2.05, 4.69) is 56.4 Å². The first-order chi connectivity index (χ1) is 14.7. The van der Waals surface area contributed by atoms with Gasteiger partial charge in [-0.25, -0.2) is 5.10 Å². The van der Waals surface area contributed by atoms with Crippen LogP contribution in [-0.4, -0.2) is 54.5 Å². The van der Waals surface area contributed by atoms with Gasteiger partial charge in [0.1, 0.15) is 5.02 Å². The lowest BCUT2D eigenvalue weighted by Crippen LogP contribution is -2.49. The number of rotatable bonds is 7. The quantitative estimate of drug-likeness (QED) is 0.682. The van der Waals surface area contributed by atoms with E-state index in [1.54, 1.807) is 6.20 Å². The molecule has 0 saturated carbocycles. The predicted molar refractivity (Wildman–Crippen MR) is 120 cm³/mol. The van der Waals surface area contributed by atoms with Gasteiger partial charge in [-0.2, -0.15) is 5.10 Å². The fraction of sp³-hybridized carbons (Fsp3) is 0.478. The molecule has 0 amide bonds. The lowest BCUT2D eigenvalue weighted by atomic mass is 9.97. The maximum absolute atomic E-state index is 11.8. The van der Waals surface area contributed by atoms with Crippen LogP contribution >= 0.6 is 11.6 Å². The molecule has 30 heavy (non-hydrogen) atoms. The van der Waals surface area contributed by atoms with Crippen molar-refractivity contribution in [3.05, 3.63) is 69.6 Å². The first-order valence-electron chi connectivity index (χ1n) is 10.7. The number of halogens is 1. The van der Waals surface area contributed by atoms with Gasteiger partial charge in [0, 0.05) is 32.1 Å². The van der Waals surface area contributed by atoms with Gasteiger partial charge < -0.3 is 9.64 Å². The van der Waals surface area contributed by atoms with Gasteiger partial charge in [-0.05, 0) is 24.8 Å². The molecule has 2 heterocycles. The molecule has 1 aromatic carbocycles. The highest BCUT2D eigenvalue weighted by Gasteiger charge is 2.27. The van der Waals surface area contributed by atoms with Gasteiger partial charge in [-0.1, -0.05) is 54.1 Å². The molecule has 1 saturated heterocycles. The standard InChI is InChI=1S/C23H29ClN4O2/c24-22-20(15-25-26-23(22)29)27-11-13-28(14-12-27)21(19-9-5-2-6-10-19)17-30-16-18-7-3-1-4-8-18/h2-3,5-7,9-10,15,18,21H,1,4,8,11-14,16-17H2,(H,26,29)/t18?,21-/m1/s1. The fourth-order valence-electron chi connectivity index (χ4n) is 4.31. The molecule has 7 heteroatoms. The van der Waals surface area contributed by atoms with Crippen LogP contribution < -0.4 is 10.5 Å². The molecule has 1 unspecified atom stereocenters. The molecule has 0 radical (unpaired) electrons. The Morgan fingerprint density at radius 1 is 1.20 bits per heavy atom. The Bertz CT molecular complexity index is 894. The van der Waals surface area contributed by atoms with Gasteiger partial charge in [0.15, 0.2) is 0 Å². The van der Waals surface area contributed by atoms with Crippen molar-refractivity contribution in [1.82, 2.24) is 15.1 Å². The summed E-state index contributed by atoms with van der Waals surface area (Å²) in [4.78, 5) is 16.4. The summed E-state index contributed by atoms with van der Waals surface area (Å²) in [5.41, 5.74) is 1.64. The van der Waals surface area contributed by atoms with Crippen LogP contribution in [0.3, 0.4) is 0 Å². The Labute approximate surface area is 182 Å². The van der Waals surface area contributed by atoms with Gasteiger partial charge in [0.05, 0.1) is 31.1 Å². The second-order valence-corrected chi connectivity index (χ2v) is 8.38. The van der Waals surface area contributed by atoms with Crippen LogP contribution in [0.15, 0.2) is 53.5 Å². The van der Waals surface area contributed by atoms with Crippen LogP contribution in [0.5, 0.6) is 0 Å². The smallest absolute Gasteiger partial charge is 0.285 e. The van der Waals surface area contributed by atoms with Crippen molar-refractivity contribution < 1.29 is 4.74 Å². The maximum Gasteiger partial charge on any atom is 0.285 e. The number of allylic oxidation sites excluding steroid dienone is 1. The van der Waals surface area contributed by atoms with E-state index >= 15 is 0 Å². The summed E-state index contributed by atoms with van der Waals surface area (Å²) in [6, 6.07) is 10.8. The zero-order valence-electron chi connectivity index (χ0n) is 17.2. The van der Waals surface area contributed by atoms with E-state index in [9.17, 15) is 4.79 Å². The predicted octanol–water partition coefficient (Wildman–Crippen LogP) is 3.66. The topological polar surface area (TPSA) is 61.5 Å². The summed E-state index contributed by atoms with van der Waals surface area (Å²) >= 11 is 6.20. The lowest BCUT2D eigenvalue weighted by Gasteiger charge is -2.40. The first-order valence-corrected chi connectivity index (χ1v) is 11.1.